The van der Waals surface area contributed by atoms with E-state index in [1.165, 1.54) is 12.8 Å². The summed E-state index contributed by atoms with van der Waals surface area (Å²) in [5.74, 6) is 0.775. The summed E-state index contributed by atoms with van der Waals surface area (Å²) in [6.07, 6.45) is 3.48. The average Bonchev–Trinajstić information content (AvgIpc) is 2.65. The van der Waals surface area contributed by atoms with E-state index in [1.807, 2.05) is 0 Å². The Morgan fingerprint density at radius 3 is 3.07 bits per heavy atom. The van der Waals surface area contributed by atoms with Gasteiger partial charge in [-0.05, 0) is 33.1 Å². The van der Waals surface area contributed by atoms with E-state index in [4.69, 9.17) is 10.2 Å². The predicted molar refractivity (Wildman–Crippen MR) is 61.6 cm³/mol. The van der Waals surface area contributed by atoms with Crippen LogP contribution in [0, 0.1) is 0 Å². The van der Waals surface area contributed by atoms with E-state index in [2.05, 4.69) is 23.9 Å². The van der Waals surface area contributed by atoms with Crippen LogP contribution in [0.1, 0.15) is 33.1 Å². The van der Waals surface area contributed by atoms with Crippen molar-refractivity contribution in [3.8, 4) is 0 Å². The molecule has 0 aromatic heterocycles. The van der Waals surface area contributed by atoms with Crippen molar-refractivity contribution in [3.63, 3.8) is 0 Å². The Balaban J connectivity index is 2.06. The molecule has 0 amide bonds. The Kier molecular flexibility index (Phi) is 1.84. The summed E-state index contributed by atoms with van der Waals surface area (Å²) < 4.78 is -0.141. The molecule has 1 N–H and O–H groups in total. The van der Waals surface area contributed by atoms with Gasteiger partial charge >= 0.3 is 0 Å². The fourth-order valence-electron chi connectivity index (χ4n) is 2.73. The monoisotopic (exact) mass is 225 g/mol. The van der Waals surface area contributed by atoms with Gasteiger partial charge in [-0.1, -0.05) is 16.9 Å². The van der Waals surface area contributed by atoms with Gasteiger partial charge in [-0.25, -0.2) is 0 Å². The first-order valence-electron chi connectivity index (χ1n) is 5.40. The van der Waals surface area contributed by atoms with Crippen LogP contribution >= 0.6 is 11.8 Å². The predicted octanol–water partition coefficient (Wildman–Crippen LogP) is 1.89. The Bertz CT molecular complexity index is 364. The quantitative estimate of drug-likeness (QED) is 0.506. The van der Waals surface area contributed by atoms with Crippen LogP contribution in [0.5, 0.6) is 0 Å². The molecule has 0 radical (unpaired) electrons. The molecule has 2 fully saturated rings. The second kappa shape index (κ2) is 2.90. The van der Waals surface area contributed by atoms with Crippen LogP contribution in [0.4, 0.5) is 0 Å². The van der Waals surface area contributed by atoms with Crippen molar-refractivity contribution in [3.05, 3.63) is 0 Å². The highest BCUT2D eigenvalue weighted by Crippen LogP contribution is 2.45. The summed E-state index contributed by atoms with van der Waals surface area (Å²) in [6, 6.07) is 1.03. The average molecular weight is 225 g/mol. The molecule has 3 rings (SSSR count). The standard InChI is InChI=1S/C10H15N3OS/c1-10(2)8(12-14)13-7-4-3-6(5-7)11-9(13)15-10/h6-7,14H,3-5H2,1-2H3. The second-order valence-electron chi connectivity index (χ2n) is 4.94. The van der Waals surface area contributed by atoms with Crippen molar-refractivity contribution in [1.29, 1.82) is 0 Å². The minimum atomic E-state index is -0.141. The summed E-state index contributed by atoms with van der Waals surface area (Å²) in [5, 5.41) is 13.7. The molecule has 0 spiro atoms. The molecular weight excluding hydrogens is 210 g/mol. The van der Waals surface area contributed by atoms with Crippen LogP contribution in [-0.2, 0) is 0 Å². The van der Waals surface area contributed by atoms with Gasteiger partial charge in [0.2, 0.25) is 0 Å². The highest BCUT2D eigenvalue weighted by Gasteiger charge is 2.50. The van der Waals surface area contributed by atoms with Gasteiger partial charge in [-0.2, -0.15) is 0 Å². The fourth-order valence-corrected chi connectivity index (χ4v) is 3.96. The Labute approximate surface area is 93.4 Å². The number of aliphatic imine (C=N–C) groups is 1. The molecule has 0 aromatic rings. The molecule has 2 bridgehead atoms. The van der Waals surface area contributed by atoms with Crippen molar-refractivity contribution >= 4 is 22.8 Å². The van der Waals surface area contributed by atoms with Crippen LogP contribution in [-0.4, -0.2) is 37.9 Å². The molecule has 82 valence electrons. The van der Waals surface area contributed by atoms with Crippen LogP contribution in [0.25, 0.3) is 0 Å². The Morgan fingerprint density at radius 2 is 2.33 bits per heavy atom. The van der Waals surface area contributed by atoms with E-state index in [0.717, 1.165) is 17.4 Å². The first-order valence-corrected chi connectivity index (χ1v) is 6.22. The van der Waals surface area contributed by atoms with Crippen molar-refractivity contribution in [1.82, 2.24) is 4.90 Å². The van der Waals surface area contributed by atoms with Crippen LogP contribution in [0.15, 0.2) is 10.1 Å². The van der Waals surface area contributed by atoms with Gasteiger partial charge in [0.25, 0.3) is 0 Å². The SMILES string of the molecule is CC1(C)SC2=NC3CCC(C3)N2C1=NO. The number of rotatable bonds is 0. The minimum absolute atomic E-state index is 0.141. The van der Waals surface area contributed by atoms with E-state index in [-0.39, 0.29) is 4.75 Å². The number of nitrogens with zero attached hydrogens (tertiary/aromatic N) is 3. The van der Waals surface area contributed by atoms with Gasteiger partial charge in [-0.3, -0.25) is 4.99 Å². The van der Waals surface area contributed by atoms with E-state index < -0.39 is 0 Å². The van der Waals surface area contributed by atoms with E-state index in [1.54, 1.807) is 11.8 Å². The lowest BCUT2D eigenvalue weighted by Crippen LogP contribution is -2.44. The first kappa shape index (κ1) is 9.51. The van der Waals surface area contributed by atoms with E-state index >= 15 is 0 Å². The van der Waals surface area contributed by atoms with Gasteiger partial charge in [-0.15, -0.1) is 0 Å². The molecule has 2 atom stereocenters. The smallest absolute Gasteiger partial charge is 0.166 e. The zero-order chi connectivity index (χ0) is 10.6. The van der Waals surface area contributed by atoms with E-state index in [0.29, 0.717) is 12.1 Å². The zero-order valence-corrected chi connectivity index (χ0v) is 9.79. The lowest BCUT2D eigenvalue weighted by Gasteiger charge is -2.29. The largest absolute Gasteiger partial charge is 0.409 e. The number of amidine groups is 2. The highest BCUT2D eigenvalue weighted by atomic mass is 32.2. The summed E-state index contributed by atoms with van der Waals surface area (Å²) in [7, 11) is 0. The first-order chi connectivity index (χ1) is 7.12. The molecule has 2 heterocycles. The maximum atomic E-state index is 9.15. The van der Waals surface area contributed by atoms with Crippen molar-refractivity contribution in [2.24, 2.45) is 10.1 Å². The zero-order valence-electron chi connectivity index (χ0n) is 8.97. The molecule has 2 aliphatic heterocycles. The minimum Gasteiger partial charge on any atom is -0.409 e. The van der Waals surface area contributed by atoms with Crippen LogP contribution in [0.3, 0.4) is 0 Å². The van der Waals surface area contributed by atoms with Gasteiger partial charge in [0.1, 0.15) is 0 Å². The Hall–Kier alpha value is -0.710. The number of hydrogen-bond donors (Lipinski definition) is 1. The third kappa shape index (κ3) is 1.22. The lowest BCUT2D eigenvalue weighted by atomic mass is 10.1. The molecule has 1 aliphatic carbocycles. The second-order valence-corrected chi connectivity index (χ2v) is 6.53. The summed E-state index contributed by atoms with van der Waals surface area (Å²) in [6.45, 7) is 4.17. The molecule has 3 aliphatic rings. The number of oxime groups is 1. The summed E-state index contributed by atoms with van der Waals surface area (Å²) >= 11 is 1.72. The normalized spacial score (nSPS) is 39.5. The third-order valence-electron chi connectivity index (χ3n) is 3.45. The summed E-state index contributed by atoms with van der Waals surface area (Å²) in [5.41, 5.74) is 0. The molecule has 0 aromatic carbocycles. The number of thioether (sulfide) groups is 1. The topological polar surface area (TPSA) is 48.2 Å². The van der Waals surface area contributed by atoms with Gasteiger partial charge in [0.05, 0.1) is 10.8 Å². The van der Waals surface area contributed by atoms with Crippen molar-refractivity contribution in [2.45, 2.75) is 49.9 Å². The maximum Gasteiger partial charge on any atom is 0.166 e. The Morgan fingerprint density at radius 1 is 1.53 bits per heavy atom. The van der Waals surface area contributed by atoms with Crippen molar-refractivity contribution in [2.75, 3.05) is 0 Å². The van der Waals surface area contributed by atoms with Gasteiger partial charge < -0.3 is 10.1 Å². The number of hydrogen-bond acceptors (Lipinski definition) is 4. The number of fused-ring (bicyclic) bond motifs is 4. The fraction of sp³-hybridized carbons (Fsp3) is 0.800. The lowest BCUT2D eigenvalue weighted by molar-refractivity contribution is 0.299. The van der Waals surface area contributed by atoms with Crippen LogP contribution in [0.2, 0.25) is 0 Å². The molecule has 1 saturated heterocycles. The summed E-state index contributed by atoms with van der Waals surface area (Å²) in [4.78, 5) is 6.86. The molecular formula is C10H15N3OS. The van der Waals surface area contributed by atoms with Gasteiger partial charge in [0.15, 0.2) is 11.0 Å². The van der Waals surface area contributed by atoms with E-state index in [9.17, 15) is 0 Å². The third-order valence-corrected chi connectivity index (χ3v) is 4.63. The molecule has 5 heteroatoms. The molecule has 4 nitrogen and oxygen atoms in total. The molecule has 2 unspecified atom stereocenters. The molecule has 15 heavy (non-hydrogen) atoms. The van der Waals surface area contributed by atoms with Crippen molar-refractivity contribution < 1.29 is 5.21 Å². The maximum absolute atomic E-state index is 9.15. The highest BCUT2D eigenvalue weighted by molar-refractivity contribution is 8.16. The van der Waals surface area contributed by atoms with Gasteiger partial charge in [0, 0.05) is 6.04 Å². The van der Waals surface area contributed by atoms with Crippen LogP contribution < -0.4 is 0 Å². The molecule has 1 saturated carbocycles.